The molecule has 0 aliphatic heterocycles. The molecule has 90 valence electrons. The minimum absolute atomic E-state index is 0.129. The van der Waals surface area contributed by atoms with Gasteiger partial charge in [0.25, 0.3) is 0 Å². The van der Waals surface area contributed by atoms with Crippen molar-refractivity contribution in [3.8, 4) is 0 Å². The third-order valence-corrected chi connectivity index (χ3v) is 2.33. The van der Waals surface area contributed by atoms with Crippen molar-refractivity contribution in [1.82, 2.24) is 4.98 Å². The highest BCUT2D eigenvalue weighted by Gasteiger charge is 2.25. The van der Waals surface area contributed by atoms with Gasteiger partial charge < -0.3 is 0 Å². The summed E-state index contributed by atoms with van der Waals surface area (Å²) in [6.07, 6.45) is 1.88. The fraction of sp³-hybridized carbons (Fsp3) is 0.533. The third kappa shape index (κ3) is 3.80. The van der Waals surface area contributed by atoms with Crippen LogP contribution in [-0.2, 0) is 10.8 Å². The van der Waals surface area contributed by atoms with Gasteiger partial charge in [-0.15, -0.1) is 13.2 Å². The quantitative estimate of drug-likeness (QED) is 0.586. The predicted octanol–water partition coefficient (Wildman–Crippen LogP) is 4.48. The van der Waals surface area contributed by atoms with E-state index >= 15 is 0 Å². The van der Waals surface area contributed by atoms with Crippen LogP contribution in [0.2, 0.25) is 0 Å². The molecule has 0 saturated heterocycles. The minimum Gasteiger partial charge on any atom is -0.260 e. The van der Waals surface area contributed by atoms with Crippen LogP contribution in [0.15, 0.2) is 31.5 Å². The Kier molecular flexibility index (Phi) is 4.92. The van der Waals surface area contributed by atoms with Gasteiger partial charge in [-0.25, -0.2) is 0 Å². The Morgan fingerprint density at radius 3 is 1.75 bits per heavy atom. The van der Waals surface area contributed by atoms with E-state index in [2.05, 4.69) is 65.8 Å². The van der Waals surface area contributed by atoms with Gasteiger partial charge in [-0.2, -0.15) is 0 Å². The fourth-order valence-electron chi connectivity index (χ4n) is 1.61. The summed E-state index contributed by atoms with van der Waals surface area (Å²) in [7, 11) is 0. The average molecular weight is 219 g/mol. The van der Waals surface area contributed by atoms with Crippen molar-refractivity contribution in [3.63, 3.8) is 0 Å². The Morgan fingerprint density at radius 2 is 1.44 bits per heavy atom. The summed E-state index contributed by atoms with van der Waals surface area (Å²) >= 11 is 0. The van der Waals surface area contributed by atoms with Crippen LogP contribution in [0, 0.1) is 0 Å². The van der Waals surface area contributed by atoms with E-state index in [1.807, 2.05) is 12.3 Å². The van der Waals surface area contributed by atoms with Crippen LogP contribution in [0.5, 0.6) is 0 Å². The molecule has 1 heterocycles. The monoisotopic (exact) mass is 219 g/mol. The first-order valence-electron chi connectivity index (χ1n) is 5.69. The van der Waals surface area contributed by atoms with E-state index in [0.717, 1.165) is 0 Å². The number of pyridine rings is 1. The predicted molar refractivity (Wildman–Crippen MR) is 72.9 cm³/mol. The number of hydrogen-bond acceptors (Lipinski definition) is 1. The maximum absolute atomic E-state index is 4.52. The average Bonchev–Trinajstić information content (AvgIpc) is 2.18. The van der Waals surface area contributed by atoms with Crippen LogP contribution in [0.3, 0.4) is 0 Å². The summed E-state index contributed by atoms with van der Waals surface area (Å²) in [6, 6.07) is 4.21. The molecule has 0 aliphatic carbocycles. The topological polar surface area (TPSA) is 12.9 Å². The Morgan fingerprint density at radius 1 is 0.938 bits per heavy atom. The summed E-state index contributed by atoms with van der Waals surface area (Å²) in [5.41, 5.74) is 2.88. The van der Waals surface area contributed by atoms with E-state index in [9.17, 15) is 0 Å². The summed E-state index contributed by atoms with van der Waals surface area (Å²) in [4.78, 5) is 4.52. The van der Waals surface area contributed by atoms with E-state index in [4.69, 9.17) is 0 Å². The van der Waals surface area contributed by atoms with E-state index in [-0.39, 0.29) is 10.8 Å². The van der Waals surface area contributed by atoms with Gasteiger partial charge in [0.05, 0.1) is 0 Å². The fourth-order valence-corrected chi connectivity index (χ4v) is 1.61. The maximum atomic E-state index is 4.52. The van der Waals surface area contributed by atoms with Crippen LogP contribution < -0.4 is 0 Å². The number of hydrogen-bond donors (Lipinski definition) is 0. The van der Waals surface area contributed by atoms with Crippen LogP contribution in [0.4, 0.5) is 0 Å². The highest BCUT2D eigenvalue weighted by atomic mass is 14.7. The van der Waals surface area contributed by atoms with E-state index < -0.39 is 0 Å². The molecule has 1 heteroatoms. The Hall–Kier alpha value is -1.11. The van der Waals surface area contributed by atoms with Gasteiger partial charge in [-0.1, -0.05) is 47.6 Å². The van der Waals surface area contributed by atoms with Crippen molar-refractivity contribution in [2.75, 3.05) is 0 Å². The standard InChI is InChI=1S/C13H21N.C2H4/c1-12(2,3)10-8-7-9-14-11(10)13(4,5)6;1-2/h7-9H,1-6H3;1-2H2. The van der Waals surface area contributed by atoms with Crippen molar-refractivity contribution in [3.05, 3.63) is 42.7 Å². The van der Waals surface area contributed by atoms with E-state index in [1.54, 1.807) is 0 Å². The molecular formula is C15H25N. The van der Waals surface area contributed by atoms with E-state index in [0.29, 0.717) is 0 Å². The first-order valence-corrected chi connectivity index (χ1v) is 5.69. The summed E-state index contributed by atoms with van der Waals surface area (Å²) in [5.74, 6) is 0. The van der Waals surface area contributed by atoms with Crippen LogP contribution >= 0.6 is 0 Å². The molecule has 0 N–H and O–H groups in total. The van der Waals surface area contributed by atoms with Crippen molar-refractivity contribution in [2.45, 2.75) is 52.4 Å². The van der Waals surface area contributed by atoms with Crippen molar-refractivity contribution < 1.29 is 0 Å². The van der Waals surface area contributed by atoms with Gasteiger partial charge in [0.1, 0.15) is 0 Å². The number of nitrogens with zero attached hydrogens (tertiary/aromatic N) is 1. The van der Waals surface area contributed by atoms with Gasteiger partial charge in [-0.05, 0) is 17.0 Å². The van der Waals surface area contributed by atoms with Crippen molar-refractivity contribution in [2.24, 2.45) is 0 Å². The normalized spacial score (nSPS) is 11.6. The lowest BCUT2D eigenvalue weighted by Crippen LogP contribution is -2.23. The van der Waals surface area contributed by atoms with E-state index in [1.165, 1.54) is 11.3 Å². The molecule has 0 spiro atoms. The van der Waals surface area contributed by atoms with Gasteiger partial charge in [0, 0.05) is 17.3 Å². The molecule has 0 aromatic carbocycles. The van der Waals surface area contributed by atoms with Crippen LogP contribution in [0.1, 0.15) is 52.8 Å². The van der Waals surface area contributed by atoms with Gasteiger partial charge in [0.2, 0.25) is 0 Å². The maximum Gasteiger partial charge on any atom is 0.0494 e. The molecular weight excluding hydrogens is 194 g/mol. The molecule has 0 atom stereocenters. The molecule has 1 aromatic heterocycles. The molecule has 0 saturated carbocycles. The molecule has 1 nitrogen and oxygen atoms in total. The zero-order valence-electron chi connectivity index (χ0n) is 11.6. The van der Waals surface area contributed by atoms with Crippen molar-refractivity contribution >= 4 is 0 Å². The smallest absolute Gasteiger partial charge is 0.0494 e. The third-order valence-electron chi connectivity index (χ3n) is 2.33. The molecule has 16 heavy (non-hydrogen) atoms. The lowest BCUT2D eigenvalue weighted by molar-refractivity contribution is 0.514. The highest BCUT2D eigenvalue weighted by Crippen LogP contribution is 2.31. The highest BCUT2D eigenvalue weighted by molar-refractivity contribution is 5.31. The number of aromatic nitrogens is 1. The van der Waals surface area contributed by atoms with Gasteiger partial charge >= 0.3 is 0 Å². The summed E-state index contributed by atoms with van der Waals surface area (Å²) < 4.78 is 0. The van der Waals surface area contributed by atoms with Crippen LogP contribution in [-0.4, -0.2) is 4.98 Å². The number of rotatable bonds is 0. The molecule has 0 radical (unpaired) electrons. The Labute approximate surface area is 101 Å². The molecule has 0 amide bonds. The SMILES string of the molecule is C=C.CC(C)(C)c1cccnc1C(C)(C)C. The molecule has 0 aliphatic rings. The second-order valence-corrected chi connectivity index (χ2v) is 5.90. The Bertz CT molecular complexity index is 293. The lowest BCUT2D eigenvalue weighted by atomic mass is 9.78. The molecule has 1 rings (SSSR count). The second kappa shape index (κ2) is 5.29. The zero-order chi connectivity index (χ0) is 13.0. The first kappa shape index (κ1) is 14.9. The molecule has 1 aromatic rings. The van der Waals surface area contributed by atoms with Gasteiger partial charge in [-0.3, -0.25) is 4.98 Å². The molecule has 0 fully saturated rings. The largest absolute Gasteiger partial charge is 0.260 e. The molecule has 0 unspecified atom stereocenters. The lowest BCUT2D eigenvalue weighted by Gasteiger charge is -2.28. The first-order chi connectivity index (χ1) is 7.23. The van der Waals surface area contributed by atoms with Crippen LogP contribution in [0.25, 0.3) is 0 Å². The summed E-state index contributed by atoms with van der Waals surface area (Å²) in [6.45, 7) is 19.3. The van der Waals surface area contributed by atoms with Gasteiger partial charge in [0.15, 0.2) is 0 Å². The second-order valence-electron chi connectivity index (χ2n) is 5.90. The minimum atomic E-state index is 0.129. The van der Waals surface area contributed by atoms with Crippen molar-refractivity contribution in [1.29, 1.82) is 0 Å². The summed E-state index contributed by atoms with van der Waals surface area (Å²) in [5, 5.41) is 0. The zero-order valence-corrected chi connectivity index (χ0v) is 11.6. The molecule has 0 bridgehead atoms. The Balaban J connectivity index is 0.00000106.